The van der Waals surface area contributed by atoms with E-state index in [1.807, 2.05) is 25.1 Å². The van der Waals surface area contributed by atoms with Crippen molar-refractivity contribution in [3.05, 3.63) is 38.8 Å². The lowest BCUT2D eigenvalue weighted by Gasteiger charge is -2.04. The maximum atomic E-state index is 5.29. The molecule has 5 nitrogen and oxygen atoms in total. The molecule has 2 rings (SSSR count). The first-order valence-corrected chi connectivity index (χ1v) is 6.90. The molecule has 0 spiro atoms. The van der Waals surface area contributed by atoms with Gasteiger partial charge in [0.1, 0.15) is 5.75 Å². The molecule has 0 fully saturated rings. The molecule has 7 heteroatoms. The van der Waals surface area contributed by atoms with E-state index in [0.29, 0.717) is 4.77 Å². The fourth-order valence-corrected chi connectivity index (χ4v) is 2.18. The smallest absolute Gasteiger partial charge is 0.216 e. The quantitative estimate of drug-likeness (QED) is 0.687. The molecule has 1 N–H and O–H groups in total. The van der Waals surface area contributed by atoms with Crippen molar-refractivity contribution in [2.75, 3.05) is 7.11 Å². The highest BCUT2D eigenvalue weighted by Crippen LogP contribution is 2.21. The van der Waals surface area contributed by atoms with Crippen LogP contribution in [0.2, 0.25) is 0 Å². The molecule has 0 saturated carbocycles. The van der Waals surface area contributed by atoms with Gasteiger partial charge in [0, 0.05) is 16.5 Å². The van der Waals surface area contributed by atoms with E-state index in [-0.39, 0.29) is 0 Å². The number of nitrogens with zero attached hydrogens (tertiary/aromatic N) is 3. The van der Waals surface area contributed by atoms with Crippen LogP contribution in [0.15, 0.2) is 27.8 Å². The van der Waals surface area contributed by atoms with Crippen molar-refractivity contribution in [2.45, 2.75) is 13.3 Å². The Balaban J connectivity index is 2.40. The Kier molecular flexibility index (Phi) is 4.49. The van der Waals surface area contributed by atoms with Crippen LogP contribution in [-0.4, -0.2) is 28.2 Å². The van der Waals surface area contributed by atoms with Crippen LogP contribution >= 0.6 is 28.1 Å². The van der Waals surface area contributed by atoms with E-state index < -0.39 is 0 Å². The number of ether oxygens (including phenoxy) is 1. The zero-order valence-corrected chi connectivity index (χ0v) is 13.0. The number of nitrogens with one attached hydrogen (secondary N) is 1. The summed E-state index contributed by atoms with van der Waals surface area (Å²) in [5, 5.41) is 11.2. The first kappa shape index (κ1) is 14.0. The summed E-state index contributed by atoms with van der Waals surface area (Å²) in [7, 11) is 1.63. The minimum Gasteiger partial charge on any atom is -0.496 e. The van der Waals surface area contributed by atoms with Gasteiger partial charge in [-0.25, -0.2) is 0 Å². The van der Waals surface area contributed by atoms with Crippen molar-refractivity contribution in [1.82, 2.24) is 14.9 Å². The molecule has 0 radical (unpaired) electrons. The molecule has 0 bridgehead atoms. The maximum absolute atomic E-state index is 5.29. The van der Waals surface area contributed by atoms with Crippen molar-refractivity contribution in [3.63, 3.8) is 0 Å². The van der Waals surface area contributed by atoms with Crippen molar-refractivity contribution < 1.29 is 4.74 Å². The van der Waals surface area contributed by atoms with E-state index in [0.717, 1.165) is 28.0 Å². The van der Waals surface area contributed by atoms with Gasteiger partial charge in [-0.05, 0) is 30.4 Å². The number of halogens is 1. The first-order valence-electron chi connectivity index (χ1n) is 5.70. The van der Waals surface area contributed by atoms with Crippen LogP contribution in [0.1, 0.15) is 18.3 Å². The summed E-state index contributed by atoms with van der Waals surface area (Å²) in [5.41, 5.74) is 0.863. The number of aromatic amines is 1. The molecule has 1 aromatic heterocycles. The fraction of sp³-hybridized carbons (Fsp3) is 0.250. The molecule has 1 aromatic carbocycles. The van der Waals surface area contributed by atoms with Crippen LogP contribution in [0.4, 0.5) is 0 Å². The fourth-order valence-electron chi connectivity index (χ4n) is 1.60. The lowest BCUT2D eigenvalue weighted by atomic mass is 10.2. The van der Waals surface area contributed by atoms with Crippen LogP contribution in [-0.2, 0) is 6.42 Å². The molecular formula is C12H13BrN4OS. The summed E-state index contributed by atoms with van der Waals surface area (Å²) in [6, 6.07) is 5.72. The lowest BCUT2D eigenvalue weighted by molar-refractivity contribution is 0.414. The van der Waals surface area contributed by atoms with E-state index in [1.54, 1.807) is 18.0 Å². The minimum absolute atomic E-state index is 0.474. The number of methoxy groups -OCH3 is 1. The van der Waals surface area contributed by atoms with Gasteiger partial charge < -0.3 is 4.74 Å². The monoisotopic (exact) mass is 340 g/mol. The number of aromatic nitrogens is 3. The number of hydrogen-bond donors (Lipinski definition) is 1. The zero-order chi connectivity index (χ0) is 13.8. The predicted molar refractivity (Wildman–Crippen MR) is 80.5 cm³/mol. The highest BCUT2D eigenvalue weighted by atomic mass is 79.9. The maximum Gasteiger partial charge on any atom is 0.216 e. The second-order valence-corrected chi connectivity index (χ2v) is 5.04. The number of hydrogen-bond acceptors (Lipinski definition) is 4. The van der Waals surface area contributed by atoms with Gasteiger partial charge in [-0.1, -0.05) is 22.9 Å². The summed E-state index contributed by atoms with van der Waals surface area (Å²) < 4.78 is 8.33. The molecule has 2 aromatic rings. The number of aryl methyl sites for hydroxylation is 1. The van der Waals surface area contributed by atoms with Crippen molar-refractivity contribution in [1.29, 1.82) is 0 Å². The topological polar surface area (TPSA) is 55.2 Å². The van der Waals surface area contributed by atoms with Gasteiger partial charge >= 0.3 is 0 Å². The minimum atomic E-state index is 0.474. The van der Waals surface area contributed by atoms with Crippen LogP contribution in [0.25, 0.3) is 0 Å². The third-order valence-corrected chi connectivity index (χ3v) is 3.30. The molecule has 0 aliphatic carbocycles. The second kappa shape index (κ2) is 6.12. The molecule has 0 unspecified atom stereocenters. The Hall–Kier alpha value is -1.47. The summed E-state index contributed by atoms with van der Waals surface area (Å²) in [6.07, 6.45) is 2.45. The highest BCUT2D eigenvalue weighted by molar-refractivity contribution is 9.10. The molecule has 1 heterocycles. The Labute approximate surface area is 124 Å². The Morgan fingerprint density at radius 3 is 3.05 bits per heavy atom. The third-order valence-electron chi connectivity index (χ3n) is 2.54. The molecule has 19 heavy (non-hydrogen) atoms. The molecular weight excluding hydrogens is 328 g/mol. The number of rotatable bonds is 4. The van der Waals surface area contributed by atoms with Gasteiger partial charge in [-0.3, -0.25) is 5.10 Å². The molecule has 0 aliphatic rings. The van der Waals surface area contributed by atoms with E-state index in [4.69, 9.17) is 17.0 Å². The number of H-pyrrole nitrogens is 1. The summed E-state index contributed by atoms with van der Waals surface area (Å²) in [5.74, 6) is 1.54. The van der Waals surface area contributed by atoms with Gasteiger partial charge in [-0.2, -0.15) is 14.9 Å². The van der Waals surface area contributed by atoms with Gasteiger partial charge in [-0.15, -0.1) is 0 Å². The Morgan fingerprint density at radius 2 is 2.37 bits per heavy atom. The third kappa shape index (κ3) is 3.10. The average molecular weight is 341 g/mol. The largest absolute Gasteiger partial charge is 0.496 e. The first-order chi connectivity index (χ1) is 9.15. The van der Waals surface area contributed by atoms with Crippen molar-refractivity contribution in [3.8, 4) is 5.75 Å². The van der Waals surface area contributed by atoms with Gasteiger partial charge in [0.2, 0.25) is 4.77 Å². The van der Waals surface area contributed by atoms with Crippen molar-refractivity contribution in [2.24, 2.45) is 5.10 Å². The summed E-state index contributed by atoms with van der Waals surface area (Å²) >= 11 is 8.56. The Bertz CT molecular complexity index is 662. The van der Waals surface area contributed by atoms with Crippen molar-refractivity contribution >= 4 is 34.4 Å². The molecule has 0 amide bonds. The van der Waals surface area contributed by atoms with Crippen LogP contribution < -0.4 is 4.74 Å². The van der Waals surface area contributed by atoms with Crippen LogP contribution in [0.5, 0.6) is 5.75 Å². The number of benzene rings is 1. The van der Waals surface area contributed by atoms with Gasteiger partial charge in [0.05, 0.1) is 13.3 Å². The lowest BCUT2D eigenvalue weighted by Crippen LogP contribution is -1.98. The molecule has 0 saturated heterocycles. The average Bonchev–Trinajstić information content (AvgIpc) is 2.77. The van der Waals surface area contributed by atoms with E-state index >= 15 is 0 Å². The van der Waals surface area contributed by atoms with Crippen LogP contribution in [0.3, 0.4) is 0 Å². The second-order valence-electron chi connectivity index (χ2n) is 3.74. The van der Waals surface area contributed by atoms with Gasteiger partial charge in [0.15, 0.2) is 5.82 Å². The van der Waals surface area contributed by atoms with E-state index in [1.165, 1.54) is 0 Å². The highest BCUT2D eigenvalue weighted by Gasteiger charge is 2.04. The zero-order valence-electron chi connectivity index (χ0n) is 10.6. The summed E-state index contributed by atoms with van der Waals surface area (Å²) in [4.78, 5) is 0. The molecule has 100 valence electrons. The van der Waals surface area contributed by atoms with E-state index in [2.05, 4.69) is 31.2 Å². The SMILES string of the molecule is CCc1n[nH]c(=S)n1N=Cc1cc(Br)ccc1OC. The Morgan fingerprint density at radius 1 is 1.58 bits per heavy atom. The predicted octanol–water partition coefficient (Wildman–Crippen LogP) is 3.16. The molecule has 0 aliphatic heterocycles. The van der Waals surface area contributed by atoms with Crippen LogP contribution in [0, 0.1) is 4.77 Å². The van der Waals surface area contributed by atoms with Gasteiger partial charge in [0.25, 0.3) is 0 Å². The summed E-state index contributed by atoms with van der Waals surface area (Å²) in [6.45, 7) is 2.00. The molecule has 0 atom stereocenters. The normalized spacial score (nSPS) is 11.1. The standard InChI is InChI=1S/C12H13BrN4OS/c1-3-11-15-16-12(19)17(11)14-7-8-6-9(13)4-5-10(8)18-2/h4-7H,3H2,1-2H3,(H,16,19). The van der Waals surface area contributed by atoms with E-state index in [9.17, 15) is 0 Å².